The summed E-state index contributed by atoms with van der Waals surface area (Å²) in [7, 11) is 1.60. The molecule has 0 fully saturated rings. The highest BCUT2D eigenvalue weighted by atomic mass is 16.5. The van der Waals surface area contributed by atoms with Crippen LogP contribution >= 0.6 is 0 Å². The van der Waals surface area contributed by atoms with Gasteiger partial charge in [0.05, 0.1) is 13.7 Å². The number of aldehydes is 1. The first-order valence-corrected chi connectivity index (χ1v) is 9.09. The van der Waals surface area contributed by atoms with Crippen molar-refractivity contribution in [3.63, 3.8) is 0 Å². The Morgan fingerprint density at radius 3 is 2.56 bits per heavy atom. The van der Waals surface area contributed by atoms with Gasteiger partial charge in [-0.1, -0.05) is 37.1 Å². The lowest BCUT2D eigenvalue weighted by Gasteiger charge is -2.15. The van der Waals surface area contributed by atoms with E-state index in [-0.39, 0.29) is 5.97 Å². The smallest absolute Gasteiger partial charge is 0.330 e. The van der Waals surface area contributed by atoms with E-state index in [1.807, 2.05) is 51.1 Å². The molecule has 0 aliphatic heterocycles. The molecule has 0 spiro atoms. The second-order valence-corrected chi connectivity index (χ2v) is 6.47. The Hall–Kier alpha value is -2.88. The minimum atomic E-state index is -0.380. The standard InChI is InChI=1S/C23H26O4/c1-5-6-11-27-22(25)10-9-18-14-20(26-4)13-17(3)23(18)21-12-16(2)7-8-19(21)15-24/h7-10,12-15H,5-6,11H2,1-4H3/b10-9+. The van der Waals surface area contributed by atoms with Gasteiger partial charge in [0.1, 0.15) is 5.75 Å². The highest BCUT2D eigenvalue weighted by Crippen LogP contribution is 2.34. The molecular weight excluding hydrogens is 340 g/mol. The summed E-state index contributed by atoms with van der Waals surface area (Å²) in [5.41, 5.74) is 5.16. The molecule has 2 rings (SSSR count). The first-order chi connectivity index (χ1) is 13.0. The number of hydrogen-bond acceptors (Lipinski definition) is 4. The largest absolute Gasteiger partial charge is 0.497 e. The van der Waals surface area contributed by atoms with Gasteiger partial charge in [0, 0.05) is 11.6 Å². The summed E-state index contributed by atoms with van der Waals surface area (Å²) < 4.78 is 10.6. The van der Waals surface area contributed by atoms with Crippen LogP contribution in [-0.4, -0.2) is 26.0 Å². The van der Waals surface area contributed by atoms with Crippen LogP contribution in [0.3, 0.4) is 0 Å². The van der Waals surface area contributed by atoms with Crippen molar-refractivity contribution in [2.24, 2.45) is 0 Å². The predicted molar refractivity (Wildman–Crippen MR) is 108 cm³/mol. The molecule has 0 heterocycles. The van der Waals surface area contributed by atoms with E-state index < -0.39 is 0 Å². The molecular formula is C23H26O4. The van der Waals surface area contributed by atoms with E-state index >= 15 is 0 Å². The van der Waals surface area contributed by atoms with Crippen LogP contribution in [0.5, 0.6) is 5.75 Å². The lowest BCUT2D eigenvalue weighted by molar-refractivity contribution is -0.137. The Morgan fingerprint density at radius 2 is 1.89 bits per heavy atom. The van der Waals surface area contributed by atoms with E-state index in [0.29, 0.717) is 17.9 Å². The molecule has 0 amide bonds. The van der Waals surface area contributed by atoms with Crippen LogP contribution in [0.15, 0.2) is 36.4 Å². The van der Waals surface area contributed by atoms with Gasteiger partial charge < -0.3 is 9.47 Å². The van der Waals surface area contributed by atoms with Gasteiger partial charge in [-0.15, -0.1) is 0 Å². The molecule has 4 heteroatoms. The van der Waals surface area contributed by atoms with Crippen molar-refractivity contribution < 1.29 is 19.1 Å². The molecule has 0 aliphatic carbocycles. The van der Waals surface area contributed by atoms with Gasteiger partial charge in [-0.05, 0) is 60.7 Å². The molecule has 0 aliphatic rings. The lowest BCUT2D eigenvalue weighted by Crippen LogP contribution is -2.02. The van der Waals surface area contributed by atoms with Gasteiger partial charge in [-0.25, -0.2) is 4.79 Å². The van der Waals surface area contributed by atoms with E-state index in [1.165, 1.54) is 6.08 Å². The van der Waals surface area contributed by atoms with Gasteiger partial charge in [0.25, 0.3) is 0 Å². The van der Waals surface area contributed by atoms with E-state index in [9.17, 15) is 9.59 Å². The number of benzene rings is 2. The quantitative estimate of drug-likeness (QED) is 0.281. The second kappa shape index (κ2) is 9.72. The Balaban J connectivity index is 2.50. The molecule has 0 saturated heterocycles. The summed E-state index contributed by atoms with van der Waals surface area (Å²) in [6.45, 7) is 6.40. The SMILES string of the molecule is CCCCOC(=O)/C=C/c1cc(OC)cc(C)c1-c1cc(C)ccc1C=O. The number of carbonyl (C=O) groups is 2. The van der Waals surface area contributed by atoms with Crippen LogP contribution in [0.25, 0.3) is 17.2 Å². The third-order valence-electron chi connectivity index (χ3n) is 4.32. The van der Waals surface area contributed by atoms with Crippen molar-refractivity contribution in [3.8, 4) is 16.9 Å². The number of unbranched alkanes of at least 4 members (excludes halogenated alkanes) is 1. The Kier molecular flexibility index (Phi) is 7.35. The molecule has 0 bridgehead atoms. The van der Waals surface area contributed by atoms with Crippen molar-refractivity contribution in [3.05, 3.63) is 58.7 Å². The van der Waals surface area contributed by atoms with Crippen molar-refractivity contribution >= 4 is 18.3 Å². The number of hydrogen-bond donors (Lipinski definition) is 0. The van der Waals surface area contributed by atoms with E-state index in [4.69, 9.17) is 9.47 Å². The molecule has 0 atom stereocenters. The van der Waals surface area contributed by atoms with E-state index in [1.54, 1.807) is 13.2 Å². The third-order valence-corrected chi connectivity index (χ3v) is 4.32. The van der Waals surface area contributed by atoms with Crippen molar-refractivity contribution in [2.45, 2.75) is 33.6 Å². The second-order valence-electron chi connectivity index (χ2n) is 6.47. The van der Waals surface area contributed by atoms with Crippen LogP contribution < -0.4 is 4.74 Å². The summed E-state index contributed by atoms with van der Waals surface area (Å²) in [4.78, 5) is 23.5. The summed E-state index contributed by atoms with van der Waals surface area (Å²) in [6, 6.07) is 9.48. The molecule has 0 N–H and O–H groups in total. The molecule has 0 radical (unpaired) electrons. The van der Waals surface area contributed by atoms with Crippen molar-refractivity contribution in [2.75, 3.05) is 13.7 Å². The van der Waals surface area contributed by atoms with E-state index in [0.717, 1.165) is 46.9 Å². The highest BCUT2D eigenvalue weighted by Gasteiger charge is 2.14. The zero-order valence-corrected chi connectivity index (χ0v) is 16.4. The van der Waals surface area contributed by atoms with Crippen LogP contribution in [0, 0.1) is 13.8 Å². The first kappa shape index (κ1) is 20.4. The number of carbonyl (C=O) groups excluding carboxylic acids is 2. The van der Waals surface area contributed by atoms with Gasteiger partial charge in [0.2, 0.25) is 0 Å². The maximum Gasteiger partial charge on any atom is 0.330 e. The Bertz CT molecular complexity index is 850. The van der Waals surface area contributed by atoms with Crippen molar-refractivity contribution in [1.82, 2.24) is 0 Å². The van der Waals surface area contributed by atoms with E-state index in [2.05, 4.69) is 0 Å². The average molecular weight is 366 g/mol. The lowest BCUT2D eigenvalue weighted by atomic mass is 9.90. The average Bonchev–Trinajstić information content (AvgIpc) is 2.66. The topological polar surface area (TPSA) is 52.6 Å². The zero-order chi connectivity index (χ0) is 19.8. The molecule has 4 nitrogen and oxygen atoms in total. The monoisotopic (exact) mass is 366 g/mol. The molecule has 2 aromatic carbocycles. The summed E-state index contributed by atoms with van der Waals surface area (Å²) in [5.74, 6) is 0.310. The Labute approximate surface area is 160 Å². The molecule has 0 saturated carbocycles. The van der Waals surface area contributed by atoms with Crippen molar-refractivity contribution in [1.29, 1.82) is 0 Å². The minimum absolute atomic E-state index is 0.380. The predicted octanol–water partition coefficient (Wildman–Crippen LogP) is 5.15. The number of aryl methyl sites for hydroxylation is 2. The molecule has 2 aromatic rings. The van der Waals surface area contributed by atoms with Gasteiger partial charge >= 0.3 is 5.97 Å². The number of esters is 1. The van der Waals surface area contributed by atoms with Crippen LogP contribution in [0.4, 0.5) is 0 Å². The summed E-state index contributed by atoms with van der Waals surface area (Å²) >= 11 is 0. The summed E-state index contributed by atoms with van der Waals surface area (Å²) in [6.07, 6.45) is 5.80. The first-order valence-electron chi connectivity index (χ1n) is 9.09. The van der Waals surface area contributed by atoms with Gasteiger partial charge in [0.15, 0.2) is 6.29 Å². The van der Waals surface area contributed by atoms with Crippen LogP contribution in [0.1, 0.15) is 46.8 Å². The maximum absolute atomic E-state index is 12.0. The molecule has 0 unspecified atom stereocenters. The number of ether oxygens (including phenoxy) is 2. The highest BCUT2D eigenvalue weighted by molar-refractivity contribution is 5.94. The third kappa shape index (κ3) is 5.30. The number of methoxy groups -OCH3 is 1. The fourth-order valence-corrected chi connectivity index (χ4v) is 2.91. The normalized spacial score (nSPS) is 10.8. The zero-order valence-electron chi connectivity index (χ0n) is 16.4. The maximum atomic E-state index is 12.0. The molecule has 0 aromatic heterocycles. The van der Waals surface area contributed by atoms with Gasteiger partial charge in [-0.3, -0.25) is 4.79 Å². The van der Waals surface area contributed by atoms with Crippen LogP contribution in [-0.2, 0) is 9.53 Å². The number of rotatable bonds is 8. The summed E-state index contributed by atoms with van der Waals surface area (Å²) in [5, 5.41) is 0. The molecule has 27 heavy (non-hydrogen) atoms. The fraction of sp³-hybridized carbons (Fsp3) is 0.304. The Morgan fingerprint density at radius 1 is 1.11 bits per heavy atom. The van der Waals surface area contributed by atoms with Crippen LogP contribution in [0.2, 0.25) is 0 Å². The molecule has 142 valence electrons. The fourth-order valence-electron chi connectivity index (χ4n) is 2.91. The van der Waals surface area contributed by atoms with Gasteiger partial charge in [-0.2, -0.15) is 0 Å². The minimum Gasteiger partial charge on any atom is -0.497 e.